The monoisotopic (exact) mass is 252 g/mol. The van der Waals surface area contributed by atoms with Gasteiger partial charge in [-0.15, -0.1) is 0 Å². The lowest BCUT2D eigenvalue weighted by molar-refractivity contribution is 0.112. The molecule has 0 aliphatic heterocycles. The van der Waals surface area contributed by atoms with Gasteiger partial charge in [0.2, 0.25) is 0 Å². The smallest absolute Gasteiger partial charge is 0.150 e. The molecule has 0 heterocycles. The Morgan fingerprint density at radius 1 is 1.00 bits per heavy atom. The first-order chi connectivity index (χ1) is 9.08. The summed E-state index contributed by atoms with van der Waals surface area (Å²) in [5.41, 5.74) is 5.49. The molecule has 2 aromatic rings. The van der Waals surface area contributed by atoms with E-state index in [0.29, 0.717) is 5.92 Å². The minimum absolute atomic E-state index is 0.673. The summed E-state index contributed by atoms with van der Waals surface area (Å²) >= 11 is 0. The molecule has 0 atom stereocenters. The Hall–Kier alpha value is -1.89. The van der Waals surface area contributed by atoms with Crippen molar-refractivity contribution in [2.75, 3.05) is 0 Å². The lowest BCUT2D eigenvalue weighted by Crippen LogP contribution is -1.93. The van der Waals surface area contributed by atoms with Crippen molar-refractivity contribution in [1.29, 1.82) is 0 Å². The summed E-state index contributed by atoms with van der Waals surface area (Å²) in [6, 6.07) is 14.6. The number of carbonyl (C=O) groups excluding carboxylic acids is 1. The highest BCUT2D eigenvalue weighted by atomic mass is 16.1. The third-order valence-corrected chi connectivity index (χ3v) is 3.17. The fraction of sp³-hybridized carbons (Fsp3) is 0.278. The standard InChI is InChI=1S/C18H20O/c1-13(2)8-15-4-6-17(7-5-15)18-10-14(3)9-16(11-18)12-19/h4-7,9-13H,8H2,1-3H3. The van der Waals surface area contributed by atoms with E-state index in [2.05, 4.69) is 44.2 Å². The molecule has 0 aliphatic carbocycles. The van der Waals surface area contributed by atoms with Gasteiger partial charge < -0.3 is 0 Å². The zero-order chi connectivity index (χ0) is 13.8. The number of aldehydes is 1. The van der Waals surface area contributed by atoms with Gasteiger partial charge in [-0.3, -0.25) is 4.79 Å². The van der Waals surface area contributed by atoms with Gasteiger partial charge >= 0.3 is 0 Å². The van der Waals surface area contributed by atoms with Crippen LogP contribution in [0.5, 0.6) is 0 Å². The lowest BCUT2D eigenvalue weighted by Gasteiger charge is -2.08. The molecule has 0 amide bonds. The molecule has 2 rings (SSSR count). The van der Waals surface area contributed by atoms with Gasteiger partial charge in [0.25, 0.3) is 0 Å². The van der Waals surface area contributed by atoms with Crippen LogP contribution in [0.3, 0.4) is 0 Å². The van der Waals surface area contributed by atoms with Crippen molar-refractivity contribution in [2.24, 2.45) is 5.92 Å². The Morgan fingerprint density at radius 2 is 1.68 bits per heavy atom. The number of benzene rings is 2. The van der Waals surface area contributed by atoms with Crippen LogP contribution in [-0.2, 0) is 6.42 Å². The summed E-state index contributed by atoms with van der Waals surface area (Å²) in [6.07, 6.45) is 2.01. The fourth-order valence-corrected chi connectivity index (χ4v) is 2.35. The van der Waals surface area contributed by atoms with Crippen LogP contribution in [0.15, 0.2) is 42.5 Å². The molecule has 0 aliphatic rings. The Balaban J connectivity index is 2.31. The number of hydrogen-bond acceptors (Lipinski definition) is 1. The highest BCUT2D eigenvalue weighted by Crippen LogP contribution is 2.23. The molecular formula is C18H20O. The molecule has 19 heavy (non-hydrogen) atoms. The summed E-state index contributed by atoms with van der Waals surface area (Å²) in [7, 11) is 0. The third-order valence-electron chi connectivity index (χ3n) is 3.17. The molecule has 1 nitrogen and oxygen atoms in total. The quantitative estimate of drug-likeness (QED) is 0.722. The van der Waals surface area contributed by atoms with Gasteiger partial charge in [0, 0.05) is 5.56 Å². The van der Waals surface area contributed by atoms with E-state index < -0.39 is 0 Å². The first kappa shape index (κ1) is 13.5. The van der Waals surface area contributed by atoms with Gasteiger partial charge in [-0.1, -0.05) is 44.2 Å². The molecule has 0 N–H and O–H groups in total. The third kappa shape index (κ3) is 3.54. The average molecular weight is 252 g/mol. The zero-order valence-electron chi connectivity index (χ0n) is 11.8. The van der Waals surface area contributed by atoms with Crippen LogP contribution in [0.25, 0.3) is 11.1 Å². The van der Waals surface area contributed by atoms with Crippen molar-refractivity contribution in [2.45, 2.75) is 27.2 Å². The molecule has 2 aromatic carbocycles. The summed E-state index contributed by atoms with van der Waals surface area (Å²) in [6.45, 7) is 6.47. The Morgan fingerprint density at radius 3 is 2.26 bits per heavy atom. The maximum absolute atomic E-state index is 10.9. The summed E-state index contributed by atoms with van der Waals surface area (Å²) in [5, 5.41) is 0. The van der Waals surface area contributed by atoms with E-state index in [4.69, 9.17) is 0 Å². The number of hydrogen-bond donors (Lipinski definition) is 0. The highest BCUT2D eigenvalue weighted by molar-refractivity contribution is 5.79. The Labute approximate surface area is 115 Å². The fourth-order valence-electron chi connectivity index (χ4n) is 2.35. The van der Waals surface area contributed by atoms with Gasteiger partial charge in [0.05, 0.1) is 0 Å². The van der Waals surface area contributed by atoms with E-state index in [-0.39, 0.29) is 0 Å². The normalized spacial score (nSPS) is 10.7. The summed E-state index contributed by atoms with van der Waals surface area (Å²) in [4.78, 5) is 10.9. The largest absolute Gasteiger partial charge is 0.298 e. The average Bonchev–Trinajstić information content (AvgIpc) is 2.38. The van der Waals surface area contributed by atoms with Crippen molar-refractivity contribution in [3.05, 3.63) is 59.2 Å². The van der Waals surface area contributed by atoms with Crippen LogP contribution in [0.2, 0.25) is 0 Å². The van der Waals surface area contributed by atoms with E-state index in [0.717, 1.165) is 29.4 Å². The molecule has 1 heteroatoms. The molecule has 0 saturated carbocycles. The molecule has 0 aromatic heterocycles. The topological polar surface area (TPSA) is 17.1 Å². The Bertz CT molecular complexity index is 565. The van der Waals surface area contributed by atoms with Crippen molar-refractivity contribution in [3.8, 4) is 11.1 Å². The van der Waals surface area contributed by atoms with Crippen molar-refractivity contribution in [3.63, 3.8) is 0 Å². The number of aryl methyl sites for hydroxylation is 1. The van der Waals surface area contributed by atoms with E-state index >= 15 is 0 Å². The molecule has 0 unspecified atom stereocenters. The van der Waals surface area contributed by atoms with E-state index in [9.17, 15) is 4.79 Å². The van der Waals surface area contributed by atoms with Crippen LogP contribution in [0.1, 0.15) is 35.3 Å². The van der Waals surface area contributed by atoms with Gasteiger partial charge in [-0.2, -0.15) is 0 Å². The molecule has 0 spiro atoms. The molecule has 98 valence electrons. The predicted octanol–water partition coefficient (Wildman–Crippen LogP) is 4.67. The van der Waals surface area contributed by atoms with Crippen molar-refractivity contribution >= 4 is 6.29 Å². The van der Waals surface area contributed by atoms with Crippen molar-refractivity contribution in [1.82, 2.24) is 0 Å². The molecular weight excluding hydrogens is 232 g/mol. The van der Waals surface area contributed by atoms with Crippen LogP contribution in [0.4, 0.5) is 0 Å². The maximum atomic E-state index is 10.9. The van der Waals surface area contributed by atoms with Gasteiger partial charge in [-0.05, 0) is 53.6 Å². The van der Waals surface area contributed by atoms with Crippen molar-refractivity contribution < 1.29 is 4.79 Å². The van der Waals surface area contributed by atoms with Gasteiger partial charge in [0.15, 0.2) is 0 Å². The molecule has 0 bridgehead atoms. The van der Waals surface area contributed by atoms with Crippen LogP contribution < -0.4 is 0 Å². The minimum Gasteiger partial charge on any atom is -0.298 e. The van der Waals surface area contributed by atoms with Crippen LogP contribution in [0, 0.1) is 12.8 Å². The Kier molecular flexibility index (Phi) is 4.16. The maximum Gasteiger partial charge on any atom is 0.150 e. The van der Waals surface area contributed by atoms with Gasteiger partial charge in [-0.25, -0.2) is 0 Å². The van der Waals surface area contributed by atoms with E-state index in [1.54, 1.807) is 0 Å². The first-order valence-electron chi connectivity index (χ1n) is 6.74. The predicted molar refractivity (Wildman–Crippen MR) is 80.5 cm³/mol. The second-order valence-electron chi connectivity index (χ2n) is 5.55. The SMILES string of the molecule is Cc1cc(C=O)cc(-c2ccc(CC(C)C)cc2)c1. The van der Waals surface area contributed by atoms with Gasteiger partial charge in [0.1, 0.15) is 6.29 Å². The zero-order valence-corrected chi connectivity index (χ0v) is 11.8. The first-order valence-corrected chi connectivity index (χ1v) is 6.74. The van der Waals surface area contributed by atoms with Crippen LogP contribution in [-0.4, -0.2) is 6.29 Å². The lowest BCUT2D eigenvalue weighted by atomic mass is 9.97. The van der Waals surface area contributed by atoms with E-state index in [1.165, 1.54) is 11.1 Å². The molecule has 0 radical (unpaired) electrons. The van der Waals surface area contributed by atoms with E-state index in [1.807, 2.05) is 19.1 Å². The second-order valence-corrected chi connectivity index (χ2v) is 5.55. The summed E-state index contributed by atoms with van der Waals surface area (Å²) < 4.78 is 0. The second kappa shape index (κ2) is 5.83. The number of carbonyl (C=O) groups is 1. The number of rotatable bonds is 4. The minimum atomic E-state index is 0.673. The summed E-state index contributed by atoms with van der Waals surface area (Å²) in [5.74, 6) is 0.673. The molecule has 0 saturated heterocycles. The van der Waals surface area contributed by atoms with Crippen LogP contribution >= 0.6 is 0 Å². The highest BCUT2D eigenvalue weighted by Gasteiger charge is 2.02. The molecule has 0 fully saturated rings.